The topological polar surface area (TPSA) is 57.7 Å². The van der Waals surface area contributed by atoms with Gasteiger partial charge in [-0.2, -0.15) is 5.26 Å². The first-order chi connectivity index (χ1) is 33.6. The van der Waals surface area contributed by atoms with Crippen LogP contribution in [0.1, 0.15) is 5.56 Å². The lowest BCUT2D eigenvalue weighted by Gasteiger charge is -2.24. The molecule has 0 fully saturated rings. The molecule has 11 aromatic carbocycles. The van der Waals surface area contributed by atoms with Crippen molar-refractivity contribution in [3.63, 3.8) is 0 Å². The maximum Gasteiger partial charge on any atom is 0.235 e. The van der Waals surface area contributed by atoms with Crippen LogP contribution >= 0.6 is 0 Å². The Morgan fingerprint density at radius 1 is 0.382 bits per heavy atom. The smallest absolute Gasteiger partial charge is 0.235 e. The van der Waals surface area contributed by atoms with Crippen LogP contribution in [0.4, 0.5) is 17.3 Å². The number of nitriles is 1. The van der Waals surface area contributed by atoms with Gasteiger partial charge < -0.3 is 4.57 Å². The van der Waals surface area contributed by atoms with E-state index in [4.69, 9.17) is 9.97 Å². The molecule has 2 heterocycles. The number of aromatic nitrogens is 3. The minimum atomic E-state index is 0.523. The Morgan fingerprint density at radius 3 is 1.53 bits per heavy atom. The summed E-state index contributed by atoms with van der Waals surface area (Å²) in [6.45, 7) is 0. The van der Waals surface area contributed by atoms with Crippen LogP contribution in [0.15, 0.2) is 237 Å². The molecule has 0 N–H and O–H groups in total. The molecule has 0 saturated carbocycles. The van der Waals surface area contributed by atoms with Crippen LogP contribution in [0.3, 0.4) is 0 Å². The van der Waals surface area contributed by atoms with Gasteiger partial charge in [0.05, 0.1) is 34.1 Å². The first kappa shape index (κ1) is 39.0. The minimum absolute atomic E-state index is 0.523. The molecule has 0 radical (unpaired) electrons. The molecule has 13 rings (SSSR count). The van der Waals surface area contributed by atoms with Gasteiger partial charge in [0.25, 0.3) is 0 Å². The summed E-state index contributed by atoms with van der Waals surface area (Å²) in [6.07, 6.45) is 0. The van der Waals surface area contributed by atoms with Crippen LogP contribution in [0.25, 0.3) is 105 Å². The largest absolute Gasteiger partial charge is 0.309 e. The highest BCUT2D eigenvalue weighted by Gasteiger charge is 2.21. The minimum Gasteiger partial charge on any atom is -0.309 e. The lowest BCUT2D eigenvalue weighted by atomic mass is 9.93. The predicted molar refractivity (Wildman–Crippen MR) is 281 cm³/mol. The fraction of sp³-hybridized carbons (Fsp3) is 0. The number of hydrogen-bond donors (Lipinski definition) is 0. The van der Waals surface area contributed by atoms with Crippen molar-refractivity contribution >= 4 is 71.4 Å². The van der Waals surface area contributed by atoms with Gasteiger partial charge in [-0.05, 0) is 133 Å². The number of hydrogen-bond acceptors (Lipinski definition) is 4. The normalized spacial score (nSPS) is 11.5. The Labute approximate surface area is 393 Å². The summed E-state index contributed by atoms with van der Waals surface area (Å²) in [4.78, 5) is 12.7. The number of benzene rings is 11. The first-order valence-electron chi connectivity index (χ1n) is 22.9. The van der Waals surface area contributed by atoms with Gasteiger partial charge in [-0.3, -0.25) is 4.90 Å². The van der Waals surface area contributed by atoms with Gasteiger partial charge >= 0.3 is 0 Å². The number of rotatable bonds is 8. The molecule has 5 heteroatoms. The number of para-hydroxylation sites is 1. The first-order valence-corrected chi connectivity index (χ1v) is 22.9. The second-order valence-electron chi connectivity index (χ2n) is 17.3. The monoisotopic (exact) mass is 865 g/mol. The van der Waals surface area contributed by atoms with E-state index >= 15 is 0 Å². The van der Waals surface area contributed by atoms with Crippen molar-refractivity contribution in [3.8, 4) is 56.5 Å². The van der Waals surface area contributed by atoms with E-state index in [0.29, 0.717) is 11.5 Å². The lowest BCUT2D eigenvalue weighted by molar-refractivity contribution is 1.09. The second-order valence-corrected chi connectivity index (χ2v) is 17.3. The van der Waals surface area contributed by atoms with Gasteiger partial charge in [0.2, 0.25) is 5.95 Å². The highest BCUT2D eigenvalue weighted by atomic mass is 15.3. The predicted octanol–water partition coefficient (Wildman–Crippen LogP) is 16.5. The lowest BCUT2D eigenvalue weighted by Crippen LogP contribution is -2.14. The summed E-state index contributed by atoms with van der Waals surface area (Å²) in [5.74, 6) is 0.523. The maximum atomic E-state index is 9.75. The fourth-order valence-electron chi connectivity index (χ4n) is 10.0. The van der Waals surface area contributed by atoms with E-state index in [9.17, 15) is 5.26 Å². The Morgan fingerprint density at radius 2 is 0.897 bits per heavy atom. The second kappa shape index (κ2) is 16.0. The average Bonchev–Trinajstić information content (AvgIpc) is 3.76. The van der Waals surface area contributed by atoms with Crippen molar-refractivity contribution in [2.45, 2.75) is 0 Å². The molecule has 0 saturated heterocycles. The van der Waals surface area contributed by atoms with E-state index in [2.05, 4.69) is 228 Å². The van der Waals surface area contributed by atoms with E-state index in [1.165, 1.54) is 54.5 Å². The van der Waals surface area contributed by atoms with Crippen LogP contribution in [0, 0.1) is 11.3 Å². The summed E-state index contributed by atoms with van der Waals surface area (Å²) >= 11 is 0. The summed E-state index contributed by atoms with van der Waals surface area (Å²) in [6, 6.07) is 85.6. The van der Waals surface area contributed by atoms with Gasteiger partial charge in [-0.25, -0.2) is 9.97 Å². The van der Waals surface area contributed by atoms with Crippen molar-refractivity contribution < 1.29 is 0 Å². The van der Waals surface area contributed by atoms with Crippen molar-refractivity contribution in [1.82, 2.24) is 14.5 Å². The Balaban J connectivity index is 0.894. The standard InChI is InChI=1S/C63H39N5/c64-40-41-17-30-53(31-18-41)67(63-65-57(50-25-21-42-9-4-6-11-48(42)37-50)39-58(66-63)51-26-22-43-10-5-7-12-49(43)38-51)54-32-27-45(28-33-54)44-19-23-46(24-20-44)55-35-36-60-62-56(55)34-29-47-13-8-16-59(61(47)62)68(60)52-14-2-1-3-15-52/h1-39H. The number of fused-ring (bicyclic) bond motifs is 2. The summed E-state index contributed by atoms with van der Waals surface area (Å²) in [7, 11) is 0. The number of nitrogens with zero attached hydrogens (tertiary/aromatic N) is 5. The summed E-state index contributed by atoms with van der Waals surface area (Å²) in [5, 5.41) is 19.5. The molecule has 2 aromatic heterocycles. The van der Waals surface area contributed by atoms with Gasteiger partial charge in [0.15, 0.2) is 0 Å². The quantitative estimate of drug-likeness (QED) is 0.143. The van der Waals surface area contributed by atoms with E-state index in [0.717, 1.165) is 61.5 Å². The molecule has 0 unspecified atom stereocenters. The average molecular weight is 866 g/mol. The fourth-order valence-corrected chi connectivity index (χ4v) is 10.0. The molecule has 68 heavy (non-hydrogen) atoms. The third-order valence-corrected chi connectivity index (χ3v) is 13.4. The van der Waals surface area contributed by atoms with Crippen LogP contribution in [0.2, 0.25) is 0 Å². The molecule has 0 aliphatic carbocycles. The molecular weight excluding hydrogens is 827 g/mol. The molecule has 5 nitrogen and oxygen atoms in total. The van der Waals surface area contributed by atoms with Crippen LogP contribution < -0.4 is 4.90 Å². The Hall–Kier alpha value is -9.37. The third-order valence-electron chi connectivity index (χ3n) is 13.4. The summed E-state index contributed by atoms with van der Waals surface area (Å²) < 4.78 is 2.39. The van der Waals surface area contributed by atoms with Crippen LogP contribution in [-0.4, -0.2) is 14.5 Å². The third kappa shape index (κ3) is 6.63. The van der Waals surface area contributed by atoms with Crippen molar-refractivity contribution in [1.29, 1.82) is 5.26 Å². The SMILES string of the molecule is N#Cc1ccc(N(c2ccc(-c3ccc(-c4ccc5c6c4ccc4cccc(c46)n5-c4ccccc4)cc3)cc2)c2nc(-c3ccc4ccccc4c3)cc(-c3ccc4ccccc4c3)n2)cc1. The van der Waals surface area contributed by atoms with E-state index in [-0.39, 0.29) is 0 Å². The molecular formula is C63H39N5. The van der Waals surface area contributed by atoms with Crippen LogP contribution in [-0.2, 0) is 0 Å². The molecule has 316 valence electrons. The van der Waals surface area contributed by atoms with E-state index in [1.54, 1.807) is 0 Å². The highest BCUT2D eigenvalue weighted by molar-refractivity contribution is 6.26. The number of anilines is 3. The zero-order valence-corrected chi connectivity index (χ0v) is 36.8. The molecule has 0 bridgehead atoms. The van der Waals surface area contributed by atoms with Gasteiger partial charge in [-0.15, -0.1) is 0 Å². The molecule has 0 amide bonds. The van der Waals surface area contributed by atoms with Crippen molar-refractivity contribution in [2.24, 2.45) is 0 Å². The van der Waals surface area contributed by atoms with Crippen molar-refractivity contribution in [2.75, 3.05) is 4.90 Å². The molecule has 0 aliphatic rings. The molecule has 0 aliphatic heterocycles. The molecule has 0 atom stereocenters. The van der Waals surface area contributed by atoms with E-state index < -0.39 is 0 Å². The zero-order valence-electron chi connectivity index (χ0n) is 36.8. The maximum absolute atomic E-state index is 9.75. The van der Waals surface area contributed by atoms with Crippen LogP contribution in [0.5, 0.6) is 0 Å². The summed E-state index contributed by atoms with van der Waals surface area (Å²) in [5.41, 5.74) is 14.1. The van der Waals surface area contributed by atoms with Crippen molar-refractivity contribution in [3.05, 3.63) is 242 Å². The van der Waals surface area contributed by atoms with Gasteiger partial charge in [0, 0.05) is 39.0 Å². The molecule has 0 spiro atoms. The van der Waals surface area contributed by atoms with Gasteiger partial charge in [0.1, 0.15) is 0 Å². The zero-order chi connectivity index (χ0) is 45.1. The Bertz CT molecular complexity index is 3970. The van der Waals surface area contributed by atoms with Gasteiger partial charge in [-0.1, -0.05) is 158 Å². The highest BCUT2D eigenvalue weighted by Crippen LogP contribution is 2.43. The molecule has 13 aromatic rings. The Kier molecular flexibility index (Phi) is 9.16. The van der Waals surface area contributed by atoms with E-state index in [1.807, 2.05) is 24.3 Å².